The summed E-state index contributed by atoms with van der Waals surface area (Å²) in [6.07, 6.45) is -12.0. The van der Waals surface area contributed by atoms with Gasteiger partial charge < -0.3 is 49.6 Å². The summed E-state index contributed by atoms with van der Waals surface area (Å²) in [5.41, 5.74) is 0. The highest BCUT2D eigenvalue weighted by atomic mass is 16.7. The average Bonchev–Trinajstić information content (AvgIpc) is 2.52. The van der Waals surface area contributed by atoms with Crippen molar-refractivity contribution in [1.29, 1.82) is 0 Å². The normalized spacial score (nSPS) is 50.0. The Labute approximate surface area is 126 Å². The van der Waals surface area contributed by atoms with E-state index in [1.807, 2.05) is 0 Å². The lowest BCUT2D eigenvalue weighted by molar-refractivity contribution is -0.345. The van der Waals surface area contributed by atoms with Crippen molar-refractivity contribution in [1.82, 2.24) is 0 Å². The third-order valence-electron chi connectivity index (χ3n) is 3.80. The molecule has 22 heavy (non-hydrogen) atoms. The van der Waals surface area contributed by atoms with Gasteiger partial charge in [-0.2, -0.15) is 0 Å². The molecule has 0 spiro atoms. The fourth-order valence-electron chi connectivity index (χ4n) is 2.47. The van der Waals surface area contributed by atoms with E-state index < -0.39 is 61.9 Å². The Hall–Kier alpha value is -0.400. The SMILES string of the molecule is CO[C@@H]1O[C@H](CO)[C@@H](O[C@@H]2OC[C@@H](O)[C@H](O)[C@H]2O)[C@H](O)[C@@H]1O. The molecule has 9 atom stereocenters. The number of aliphatic hydroxyl groups excluding tert-OH is 6. The summed E-state index contributed by atoms with van der Waals surface area (Å²) < 4.78 is 20.5. The van der Waals surface area contributed by atoms with E-state index in [1.54, 1.807) is 0 Å². The molecule has 2 aliphatic heterocycles. The first kappa shape index (κ1) is 17.9. The molecule has 2 rings (SSSR count). The summed E-state index contributed by atoms with van der Waals surface area (Å²) in [5, 5.41) is 58.0. The van der Waals surface area contributed by atoms with Gasteiger partial charge in [-0.1, -0.05) is 0 Å². The van der Waals surface area contributed by atoms with Crippen molar-refractivity contribution in [2.45, 2.75) is 55.3 Å². The third kappa shape index (κ3) is 3.41. The first-order valence-electron chi connectivity index (χ1n) is 6.87. The van der Waals surface area contributed by atoms with E-state index in [0.717, 1.165) is 0 Å². The van der Waals surface area contributed by atoms with Crippen LogP contribution in [0.1, 0.15) is 0 Å². The molecule has 10 heteroatoms. The van der Waals surface area contributed by atoms with Gasteiger partial charge in [-0.15, -0.1) is 0 Å². The Bertz CT molecular complexity index is 353. The number of ether oxygens (including phenoxy) is 4. The molecule has 0 unspecified atom stereocenters. The van der Waals surface area contributed by atoms with Crippen LogP contribution < -0.4 is 0 Å². The van der Waals surface area contributed by atoms with Gasteiger partial charge >= 0.3 is 0 Å². The molecule has 0 aromatic rings. The number of aliphatic hydroxyl groups is 6. The van der Waals surface area contributed by atoms with Gasteiger partial charge in [-0.3, -0.25) is 0 Å². The summed E-state index contributed by atoms with van der Waals surface area (Å²) >= 11 is 0. The maximum Gasteiger partial charge on any atom is 0.186 e. The van der Waals surface area contributed by atoms with Gasteiger partial charge in [0.1, 0.15) is 42.7 Å². The molecule has 2 fully saturated rings. The van der Waals surface area contributed by atoms with Crippen LogP contribution in [0.4, 0.5) is 0 Å². The van der Waals surface area contributed by atoms with Crippen molar-refractivity contribution in [2.75, 3.05) is 20.3 Å². The highest BCUT2D eigenvalue weighted by Crippen LogP contribution is 2.27. The van der Waals surface area contributed by atoms with Crippen LogP contribution in [0.2, 0.25) is 0 Å². The van der Waals surface area contributed by atoms with E-state index in [-0.39, 0.29) is 6.61 Å². The summed E-state index contributed by atoms with van der Waals surface area (Å²) in [6, 6.07) is 0. The van der Waals surface area contributed by atoms with Crippen LogP contribution in [0.25, 0.3) is 0 Å². The van der Waals surface area contributed by atoms with Gasteiger partial charge in [0.15, 0.2) is 12.6 Å². The maximum atomic E-state index is 10.1. The molecule has 0 radical (unpaired) electrons. The first-order valence-corrected chi connectivity index (χ1v) is 6.87. The zero-order valence-electron chi connectivity index (χ0n) is 11.9. The van der Waals surface area contributed by atoms with E-state index in [1.165, 1.54) is 7.11 Å². The highest BCUT2D eigenvalue weighted by Gasteiger charge is 2.48. The minimum atomic E-state index is -1.56. The summed E-state index contributed by atoms with van der Waals surface area (Å²) in [6.45, 7) is -0.818. The molecule has 0 amide bonds. The van der Waals surface area contributed by atoms with Gasteiger partial charge in [-0.25, -0.2) is 0 Å². The molecular formula is C12H22O10. The fourth-order valence-corrected chi connectivity index (χ4v) is 2.47. The van der Waals surface area contributed by atoms with Gasteiger partial charge in [0.05, 0.1) is 13.2 Å². The minimum absolute atomic E-state index is 0.278. The number of hydrogen-bond donors (Lipinski definition) is 6. The minimum Gasteiger partial charge on any atom is -0.394 e. The van der Waals surface area contributed by atoms with Crippen LogP contribution in [-0.2, 0) is 18.9 Å². The summed E-state index contributed by atoms with van der Waals surface area (Å²) in [5.74, 6) is 0. The molecule has 0 aromatic carbocycles. The molecule has 0 aliphatic carbocycles. The molecular weight excluding hydrogens is 304 g/mol. The van der Waals surface area contributed by atoms with Crippen molar-refractivity contribution in [3.05, 3.63) is 0 Å². The van der Waals surface area contributed by atoms with E-state index >= 15 is 0 Å². The second-order valence-electron chi connectivity index (χ2n) is 5.29. The van der Waals surface area contributed by atoms with Crippen molar-refractivity contribution >= 4 is 0 Å². The van der Waals surface area contributed by atoms with Crippen LogP contribution in [0, 0.1) is 0 Å². The van der Waals surface area contributed by atoms with E-state index in [4.69, 9.17) is 18.9 Å². The largest absolute Gasteiger partial charge is 0.394 e. The van der Waals surface area contributed by atoms with Crippen LogP contribution >= 0.6 is 0 Å². The quantitative estimate of drug-likeness (QED) is 0.300. The predicted molar refractivity (Wildman–Crippen MR) is 67.4 cm³/mol. The van der Waals surface area contributed by atoms with Gasteiger partial charge in [-0.05, 0) is 0 Å². The molecule has 6 N–H and O–H groups in total. The summed E-state index contributed by atoms with van der Waals surface area (Å²) in [7, 11) is 1.27. The molecule has 0 bridgehead atoms. The molecule has 2 aliphatic rings. The Kier molecular flexibility index (Phi) is 6.07. The molecule has 10 nitrogen and oxygen atoms in total. The van der Waals surface area contributed by atoms with E-state index in [2.05, 4.69) is 0 Å². The second kappa shape index (κ2) is 7.45. The second-order valence-corrected chi connectivity index (χ2v) is 5.29. The topological polar surface area (TPSA) is 158 Å². The van der Waals surface area contributed by atoms with Crippen molar-refractivity contribution in [3.63, 3.8) is 0 Å². The number of rotatable bonds is 4. The van der Waals surface area contributed by atoms with Crippen molar-refractivity contribution < 1.29 is 49.6 Å². The lowest BCUT2D eigenvalue weighted by Gasteiger charge is -2.44. The smallest absolute Gasteiger partial charge is 0.186 e. The zero-order valence-corrected chi connectivity index (χ0v) is 11.9. The van der Waals surface area contributed by atoms with E-state index in [9.17, 15) is 30.6 Å². The van der Waals surface area contributed by atoms with Crippen LogP contribution in [0.5, 0.6) is 0 Å². The molecule has 2 saturated heterocycles. The van der Waals surface area contributed by atoms with Crippen LogP contribution in [0.15, 0.2) is 0 Å². The predicted octanol–water partition coefficient (Wildman–Crippen LogP) is -4.10. The highest BCUT2D eigenvalue weighted by molar-refractivity contribution is 4.92. The van der Waals surface area contributed by atoms with Crippen molar-refractivity contribution in [2.24, 2.45) is 0 Å². The monoisotopic (exact) mass is 326 g/mol. The van der Waals surface area contributed by atoms with Gasteiger partial charge in [0.2, 0.25) is 0 Å². The van der Waals surface area contributed by atoms with E-state index in [0.29, 0.717) is 0 Å². The molecule has 130 valence electrons. The average molecular weight is 326 g/mol. The van der Waals surface area contributed by atoms with Gasteiger partial charge in [0.25, 0.3) is 0 Å². The standard InChI is InChI=1S/C12H22O10/c1-19-11-9(18)7(16)10(5(2-13)21-11)22-12-8(17)6(15)4(14)3-20-12/h4-18H,2-3H2,1H3/t4-,5-,6+,7-,8-,9+,10-,11-,12+/m1/s1. The molecule has 0 saturated carbocycles. The van der Waals surface area contributed by atoms with Crippen LogP contribution in [0.3, 0.4) is 0 Å². The van der Waals surface area contributed by atoms with Crippen molar-refractivity contribution in [3.8, 4) is 0 Å². The molecule has 0 aromatic heterocycles. The Balaban J connectivity index is 2.06. The Morgan fingerprint density at radius 1 is 0.955 bits per heavy atom. The van der Waals surface area contributed by atoms with Crippen LogP contribution in [-0.4, -0.2) is 106 Å². The van der Waals surface area contributed by atoms with Gasteiger partial charge in [0, 0.05) is 7.11 Å². The fraction of sp³-hybridized carbons (Fsp3) is 1.00. The maximum absolute atomic E-state index is 10.1. The Morgan fingerprint density at radius 2 is 1.59 bits per heavy atom. The number of hydrogen-bond acceptors (Lipinski definition) is 10. The zero-order chi connectivity index (χ0) is 16.4. The third-order valence-corrected chi connectivity index (χ3v) is 3.80. The summed E-state index contributed by atoms with van der Waals surface area (Å²) in [4.78, 5) is 0. The molecule has 2 heterocycles. The lowest BCUT2D eigenvalue weighted by atomic mass is 9.98. The lowest BCUT2D eigenvalue weighted by Crippen LogP contribution is -2.63. The first-order chi connectivity index (χ1) is 10.4. The number of methoxy groups -OCH3 is 1. The Morgan fingerprint density at radius 3 is 2.18 bits per heavy atom.